The molecule has 0 spiro atoms. The number of aromatic nitrogens is 2. The van der Waals surface area contributed by atoms with Crippen LogP contribution in [0.3, 0.4) is 0 Å². The van der Waals surface area contributed by atoms with E-state index in [1.807, 2.05) is 16.8 Å². The van der Waals surface area contributed by atoms with Gasteiger partial charge in [0.05, 0.1) is 11.3 Å². The summed E-state index contributed by atoms with van der Waals surface area (Å²) in [5, 5.41) is 9.53. The SMILES string of the molecule is CCCc1nccn1-c1ccc(C(=O)CCC(=O)O)s1. The van der Waals surface area contributed by atoms with E-state index in [0.29, 0.717) is 4.88 Å². The van der Waals surface area contributed by atoms with Gasteiger partial charge in [-0.25, -0.2) is 4.98 Å². The molecule has 0 aliphatic carbocycles. The predicted molar refractivity (Wildman–Crippen MR) is 76.6 cm³/mol. The number of carbonyl (C=O) groups excluding carboxylic acids is 1. The highest BCUT2D eigenvalue weighted by atomic mass is 32.1. The Morgan fingerprint density at radius 1 is 1.35 bits per heavy atom. The molecule has 6 heteroatoms. The van der Waals surface area contributed by atoms with Crippen molar-refractivity contribution in [2.24, 2.45) is 0 Å². The second-order valence-electron chi connectivity index (χ2n) is 4.42. The molecule has 5 nitrogen and oxygen atoms in total. The molecule has 0 aliphatic heterocycles. The van der Waals surface area contributed by atoms with E-state index in [9.17, 15) is 9.59 Å². The zero-order valence-electron chi connectivity index (χ0n) is 11.2. The Hall–Kier alpha value is -1.95. The van der Waals surface area contributed by atoms with Gasteiger partial charge in [0.1, 0.15) is 10.8 Å². The van der Waals surface area contributed by atoms with Gasteiger partial charge in [0, 0.05) is 25.2 Å². The zero-order chi connectivity index (χ0) is 14.5. The van der Waals surface area contributed by atoms with Crippen LogP contribution in [-0.4, -0.2) is 26.4 Å². The molecule has 106 valence electrons. The molecule has 0 radical (unpaired) electrons. The number of aryl methyl sites for hydroxylation is 1. The van der Waals surface area contributed by atoms with Crippen LogP contribution in [0.1, 0.15) is 41.7 Å². The highest BCUT2D eigenvalue weighted by Gasteiger charge is 2.13. The molecule has 0 amide bonds. The first-order valence-corrected chi connectivity index (χ1v) is 7.31. The van der Waals surface area contributed by atoms with Crippen LogP contribution >= 0.6 is 11.3 Å². The number of carboxylic acid groups (broad SMARTS) is 1. The smallest absolute Gasteiger partial charge is 0.303 e. The summed E-state index contributed by atoms with van der Waals surface area (Å²) in [5.74, 6) is -0.102. The lowest BCUT2D eigenvalue weighted by atomic mass is 10.2. The molecule has 0 aromatic carbocycles. The molecule has 1 N–H and O–H groups in total. The van der Waals surface area contributed by atoms with Crippen molar-refractivity contribution in [3.8, 4) is 5.00 Å². The van der Waals surface area contributed by atoms with Crippen molar-refractivity contribution in [3.63, 3.8) is 0 Å². The molecule has 20 heavy (non-hydrogen) atoms. The average Bonchev–Trinajstić information content (AvgIpc) is 3.04. The summed E-state index contributed by atoms with van der Waals surface area (Å²) in [5.41, 5.74) is 0. The van der Waals surface area contributed by atoms with Crippen LogP contribution < -0.4 is 0 Å². The molecule has 0 fully saturated rings. The zero-order valence-corrected chi connectivity index (χ0v) is 12.0. The fourth-order valence-electron chi connectivity index (χ4n) is 1.89. The van der Waals surface area contributed by atoms with Crippen molar-refractivity contribution in [1.29, 1.82) is 0 Å². The molecule has 2 heterocycles. The van der Waals surface area contributed by atoms with E-state index in [-0.39, 0.29) is 18.6 Å². The number of rotatable bonds is 7. The second-order valence-corrected chi connectivity index (χ2v) is 5.48. The number of hydrogen-bond acceptors (Lipinski definition) is 4. The standard InChI is InChI=1S/C14H16N2O3S/c1-2-3-12-15-8-9-16(12)13-6-5-11(20-13)10(17)4-7-14(18)19/h5-6,8-9H,2-4,7H2,1H3,(H,18,19). The predicted octanol–water partition coefficient (Wildman–Crippen LogP) is 2.93. The molecular weight excluding hydrogens is 276 g/mol. The van der Waals surface area contributed by atoms with Crippen molar-refractivity contribution in [1.82, 2.24) is 9.55 Å². The third-order valence-electron chi connectivity index (χ3n) is 2.86. The quantitative estimate of drug-likeness (QED) is 0.796. The molecule has 0 aliphatic rings. The number of nitrogens with zero attached hydrogens (tertiary/aromatic N) is 2. The number of hydrogen-bond donors (Lipinski definition) is 1. The lowest BCUT2D eigenvalue weighted by Gasteiger charge is -2.03. The van der Waals surface area contributed by atoms with Gasteiger partial charge in [-0.2, -0.15) is 0 Å². The summed E-state index contributed by atoms with van der Waals surface area (Å²) in [6.07, 6.45) is 5.43. The third kappa shape index (κ3) is 3.33. The van der Waals surface area contributed by atoms with E-state index in [2.05, 4.69) is 11.9 Å². The fraction of sp³-hybridized carbons (Fsp3) is 0.357. The Morgan fingerprint density at radius 2 is 2.15 bits per heavy atom. The lowest BCUT2D eigenvalue weighted by Crippen LogP contribution is -2.02. The van der Waals surface area contributed by atoms with E-state index < -0.39 is 5.97 Å². The van der Waals surface area contributed by atoms with Gasteiger partial charge >= 0.3 is 5.97 Å². The molecule has 0 saturated heterocycles. The summed E-state index contributed by atoms with van der Waals surface area (Å²) in [6, 6.07) is 3.62. The Morgan fingerprint density at radius 3 is 2.85 bits per heavy atom. The minimum atomic E-state index is -0.949. The monoisotopic (exact) mass is 292 g/mol. The summed E-state index contributed by atoms with van der Waals surface area (Å²) in [6.45, 7) is 2.09. The van der Waals surface area contributed by atoms with E-state index in [4.69, 9.17) is 5.11 Å². The van der Waals surface area contributed by atoms with Crippen LogP contribution in [0.15, 0.2) is 24.5 Å². The van der Waals surface area contributed by atoms with Gasteiger partial charge in [0.2, 0.25) is 0 Å². The number of Topliss-reactive ketones (excluding diaryl/α,β-unsaturated/α-hetero) is 1. The maximum atomic E-state index is 11.9. The van der Waals surface area contributed by atoms with Crippen molar-refractivity contribution >= 4 is 23.1 Å². The van der Waals surface area contributed by atoms with Crippen LogP contribution in [0.2, 0.25) is 0 Å². The molecule has 0 bridgehead atoms. The lowest BCUT2D eigenvalue weighted by molar-refractivity contribution is -0.136. The molecule has 2 aromatic rings. The largest absolute Gasteiger partial charge is 0.481 e. The van der Waals surface area contributed by atoms with Gasteiger partial charge in [-0.15, -0.1) is 11.3 Å². The molecule has 0 atom stereocenters. The van der Waals surface area contributed by atoms with E-state index in [0.717, 1.165) is 23.7 Å². The van der Waals surface area contributed by atoms with Gasteiger partial charge in [0.25, 0.3) is 0 Å². The summed E-state index contributed by atoms with van der Waals surface area (Å²) in [7, 11) is 0. The number of aliphatic carboxylic acids is 1. The number of thiophene rings is 1. The molecule has 0 unspecified atom stereocenters. The highest BCUT2D eigenvalue weighted by Crippen LogP contribution is 2.24. The maximum absolute atomic E-state index is 11.9. The van der Waals surface area contributed by atoms with Crippen molar-refractivity contribution < 1.29 is 14.7 Å². The summed E-state index contributed by atoms with van der Waals surface area (Å²) in [4.78, 5) is 27.2. The normalized spacial score (nSPS) is 10.7. The molecular formula is C14H16N2O3S. The van der Waals surface area contributed by atoms with Gasteiger partial charge in [-0.1, -0.05) is 6.92 Å². The fourth-order valence-corrected chi connectivity index (χ4v) is 2.87. The van der Waals surface area contributed by atoms with E-state index in [1.54, 1.807) is 12.3 Å². The molecule has 0 saturated carbocycles. The van der Waals surface area contributed by atoms with E-state index >= 15 is 0 Å². The van der Waals surface area contributed by atoms with Crippen molar-refractivity contribution in [2.45, 2.75) is 32.6 Å². The first-order valence-electron chi connectivity index (χ1n) is 6.49. The van der Waals surface area contributed by atoms with Crippen LogP contribution in [-0.2, 0) is 11.2 Å². The first-order chi connectivity index (χ1) is 9.61. The van der Waals surface area contributed by atoms with Crippen LogP contribution in [0, 0.1) is 0 Å². The number of ketones is 1. The second kappa shape index (κ2) is 6.47. The van der Waals surface area contributed by atoms with Crippen LogP contribution in [0.4, 0.5) is 0 Å². The van der Waals surface area contributed by atoms with E-state index in [1.165, 1.54) is 11.3 Å². The molecule has 2 aromatic heterocycles. The Bertz CT molecular complexity index is 615. The minimum absolute atomic E-state index is 0.0427. The van der Waals surface area contributed by atoms with Gasteiger partial charge in [-0.05, 0) is 18.6 Å². The van der Waals surface area contributed by atoms with Gasteiger partial charge in [-0.3, -0.25) is 14.2 Å². The van der Waals surface area contributed by atoms with Crippen molar-refractivity contribution in [2.75, 3.05) is 0 Å². The number of carboxylic acids is 1. The number of carbonyl (C=O) groups is 2. The van der Waals surface area contributed by atoms with Crippen LogP contribution in [0.5, 0.6) is 0 Å². The topological polar surface area (TPSA) is 72.2 Å². The third-order valence-corrected chi connectivity index (χ3v) is 3.99. The van der Waals surface area contributed by atoms with Crippen molar-refractivity contribution in [3.05, 3.63) is 35.2 Å². The average molecular weight is 292 g/mol. The summed E-state index contributed by atoms with van der Waals surface area (Å²) < 4.78 is 1.97. The number of imidazole rings is 1. The Kier molecular flexibility index (Phi) is 4.68. The van der Waals surface area contributed by atoms with Crippen LogP contribution in [0.25, 0.3) is 5.00 Å². The first kappa shape index (κ1) is 14.5. The summed E-state index contributed by atoms with van der Waals surface area (Å²) >= 11 is 1.37. The molecule has 2 rings (SSSR count). The van der Waals surface area contributed by atoms with Gasteiger partial charge in [0.15, 0.2) is 5.78 Å². The Balaban J connectivity index is 2.14. The maximum Gasteiger partial charge on any atom is 0.303 e. The highest BCUT2D eigenvalue weighted by molar-refractivity contribution is 7.16. The van der Waals surface area contributed by atoms with Gasteiger partial charge < -0.3 is 5.11 Å². The minimum Gasteiger partial charge on any atom is -0.481 e. The Labute approximate surface area is 120 Å².